The van der Waals surface area contributed by atoms with Crippen molar-refractivity contribution in [2.75, 3.05) is 32.8 Å². The van der Waals surface area contributed by atoms with Gasteiger partial charge in [0.05, 0.1) is 11.4 Å². The van der Waals surface area contributed by atoms with E-state index in [9.17, 15) is 8.42 Å². The monoisotopic (exact) mass is 292 g/mol. The average molecular weight is 292 g/mol. The van der Waals surface area contributed by atoms with Crippen molar-refractivity contribution in [3.8, 4) is 0 Å². The maximum absolute atomic E-state index is 12.4. The molecular weight excluding hydrogens is 264 g/mol. The van der Waals surface area contributed by atoms with Crippen LogP contribution in [0.3, 0.4) is 0 Å². The van der Waals surface area contributed by atoms with Crippen LogP contribution < -0.4 is 5.32 Å². The lowest BCUT2D eigenvalue weighted by atomic mass is 10.1. The number of hydrogen-bond donors (Lipinski definition) is 1. The quantitative estimate of drug-likeness (QED) is 0.730. The van der Waals surface area contributed by atoms with E-state index in [1.165, 1.54) is 0 Å². The Morgan fingerprint density at radius 3 is 2.79 bits per heavy atom. The van der Waals surface area contributed by atoms with Gasteiger partial charge in [0.2, 0.25) is 10.0 Å². The van der Waals surface area contributed by atoms with Gasteiger partial charge in [-0.15, -0.1) is 0 Å². The van der Waals surface area contributed by atoms with E-state index in [0.717, 1.165) is 25.8 Å². The van der Waals surface area contributed by atoms with Crippen molar-refractivity contribution in [3.05, 3.63) is 0 Å². The molecule has 2 unspecified atom stereocenters. The van der Waals surface area contributed by atoms with Crippen molar-refractivity contribution >= 4 is 10.0 Å². The first kappa shape index (κ1) is 16.9. The molecule has 1 fully saturated rings. The molecule has 0 amide bonds. The van der Waals surface area contributed by atoms with Gasteiger partial charge in [-0.05, 0) is 32.7 Å². The SMILES string of the molecule is CCCOC1CCCN(S(=O)(=O)C(C)CNCC)C1. The Labute approximate surface area is 117 Å². The van der Waals surface area contributed by atoms with E-state index in [1.807, 2.05) is 6.92 Å². The van der Waals surface area contributed by atoms with Crippen LogP contribution in [0.1, 0.15) is 40.0 Å². The zero-order valence-electron chi connectivity index (χ0n) is 12.4. The van der Waals surface area contributed by atoms with E-state index in [1.54, 1.807) is 11.2 Å². The maximum atomic E-state index is 12.4. The molecule has 1 aliphatic rings. The third-order valence-corrected chi connectivity index (χ3v) is 5.68. The van der Waals surface area contributed by atoms with Crippen molar-refractivity contribution in [3.63, 3.8) is 0 Å². The fourth-order valence-corrected chi connectivity index (χ4v) is 3.86. The Kier molecular flexibility index (Phi) is 7.28. The molecule has 2 atom stereocenters. The highest BCUT2D eigenvalue weighted by molar-refractivity contribution is 7.89. The van der Waals surface area contributed by atoms with Crippen molar-refractivity contribution in [2.24, 2.45) is 0 Å². The summed E-state index contributed by atoms with van der Waals surface area (Å²) in [5, 5.41) is 2.72. The zero-order chi connectivity index (χ0) is 14.3. The molecule has 6 heteroatoms. The molecule has 0 aliphatic carbocycles. The van der Waals surface area contributed by atoms with Crippen LogP contribution in [0, 0.1) is 0 Å². The van der Waals surface area contributed by atoms with Gasteiger partial charge in [0.1, 0.15) is 0 Å². The number of piperidine rings is 1. The van der Waals surface area contributed by atoms with E-state index < -0.39 is 10.0 Å². The summed E-state index contributed by atoms with van der Waals surface area (Å²) in [6.45, 7) is 8.98. The van der Waals surface area contributed by atoms with Crippen LogP contribution in [0.4, 0.5) is 0 Å². The molecule has 19 heavy (non-hydrogen) atoms. The largest absolute Gasteiger partial charge is 0.377 e. The molecule has 1 aliphatic heterocycles. The van der Waals surface area contributed by atoms with Gasteiger partial charge >= 0.3 is 0 Å². The van der Waals surface area contributed by atoms with Gasteiger partial charge in [0.25, 0.3) is 0 Å². The second kappa shape index (κ2) is 8.19. The summed E-state index contributed by atoms with van der Waals surface area (Å²) in [5.74, 6) is 0. The summed E-state index contributed by atoms with van der Waals surface area (Å²) in [4.78, 5) is 0. The molecule has 0 radical (unpaired) electrons. The lowest BCUT2D eigenvalue weighted by Crippen LogP contribution is -2.48. The van der Waals surface area contributed by atoms with Gasteiger partial charge in [-0.1, -0.05) is 13.8 Å². The number of nitrogens with one attached hydrogen (secondary N) is 1. The highest BCUT2D eigenvalue weighted by atomic mass is 32.2. The molecule has 114 valence electrons. The molecule has 0 bridgehead atoms. The highest BCUT2D eigenvalue weighted by Crippen LogP contribution is 2.19. The van der Waals surface area contributed by atoms with E-state index in [0.29, 0.717) is 26.2 Å². The van der Waals surface area contributed by atoms with Gasteiger partial charge < -0.3 is 10.1 Å². The third-order valence-electron chi connectivity index (χ3n) is 3.45. The van der Waals surface area contributed by atoms with Crippen LogP contribution in [0.25, 0.3) is 0 Å². The average Bonchev–Trinajstić information content (AvgIpc) is 2.42. The fraction of sp³-hybridized carbons (Fsp3) is 1.00. The Hall–Kier alpha value is -0.170. The molecule has 0 saturated carbocycles. The zero-order valence-corrected chi connectivity index (χ0v) is 13.2. The number of hydrogen-bond acceptors (Lipinski definition) is 4. The summed E-state index contributed by atoms with van der Waals surface area (Å²) in [6.07, 6.45) is 2.89. The Morgan fingerprint density at radius 1 is 1.42 bits per heavy atom. The second-order valence-electron chi connectivity index (χ2n) is 5.16. The predicted molar refractivity (Wildman–Crippen MR) is 77.8 cm³/mol. The van der Waals surface area contributed by atoms with Gasteiger partial charge in [-0.25, -0.2) is 8.42 Å². The summed E-state index contributed by atoms with van der Waals surface area (Å²) >= 11 is 0. The Morgan fingerprint density at radius 2 is 2.16 bits per heavy atom. The lowest BCUT2D eigenvalue weighted by Gasteiger charge is -2.33. The Balaban J connectivity index is 2.56. The smallest absolute Gasteiger partial charge is 0.218 e. The summed E-state index contributed by atoms with van der Waals surface area (Å²) < 4.78 is 32.2. The van der Waals surface area contributed by atoms with Crippen molar-refractivity contribution in [2.45, 2.75) is 51.4 Å². The molecule has 1 rings (SSSR count). The van der Waals surface area contributed by atoms with E-state index in [-0.39, 0.29) is 11.4 Å². The number of rotatable bonds is 8. The fourth-order valence-electron chi connectivity index (χ4n) is 2.26. The molecule has 0 aromatic rings. The van der Waals surface area contributed by atoms with Crippen molar-refractivity contribution < 1.29 is 13.2 Å². The van der Waals surface area contributed by atoms with E-state index >= 15 is 0 Å². The van der Waals surface area contributed by atoms with Gasteiger partial charge in [0, 0.05) is 26.2 Å². The summed E-state index contributed by atoms with van der Waals surface area (Å²) in [6, 6.07) is 0. The van der Waals surface area contributed by atoms with Crippen LogP contribution in [0.15, 0.2) is 0 Å². The molecule has 1 heterocycles. The maximum Gasteiger partial charge on any atom is 0.218 e. The Bertz CT molecular complexity index is 346. The second-order valence-corrected chi connectivity index (χ2v) is 7.51. The molecule has 0 aromatic heterocycles. The minimum absolute atomic E-state index is 0.0646. The highest BCUT2D eigenvalue weighted by Gasteiger charge is 2.32. The molecular formula is C13H28N2O3S. The van der Waals surface area contributed by atoms with Gasteiger partial charge in [-0.2, -0.15) is 4.31 Å². The summed E-state index contributed by atoms with van der Waals surface area (Å²) in [7, 11) is -3.20. The van der Waals surface area contributed by atoms with Crippen LogP contribution >= 0.6 is 0 Å². The minimum Gasteiger partial charge on any atom is -0.377 e. The number of ether oxygens (including phenoxy) is 1. The summed E-state index contributed by atoms with van der Waals surface area (Å²) in [5.41, 5.74) is 0. The van der Waals surface area contributed by atoms with Crippen LogP contribution in [-0.4, -0.2) is 56.9 Å². The van der Waals surface area contributed by atoms with E-state index in [4.69, 9.17) is 4.74 Å². The molecule has 0 aromatic carbocycles. The molecule has 1 N–H and O–H groups in total. The van der Waals surface area contributed by atoms with Crippen LogP contribution in [-0.2, 0) is 14.8 Å². The third kappa shape index (κ3) is 5.02. The van der Waals surface area contributed by atoms with Crippen molar-refractivity contribution in [1.82, 2.24) is 9.62 Å². The van der Waals surface area contributed by atoms with Crippen molar-refractivity contribution in [1.29, 1.82) is 0 Å². The van der Waals surface area contributed by atoms with Crippen LogP contribution in [0.2, 0.25) is 0 Å². The predicted octanol–water partition coefficient (Wildman–Crippen LogP) is 1.21. The molecule has 1 saturated heterocycles. The van der Waals surface area contributed by atoms with Crippen LogP contribution in [0.5, 0.6) is 0 Å². The van der Waals surface area contributed by atoms with Gasteiger partial charge in [-0.3, -0.25) is 0 Å². The molecule has 0 spiro atoms. The minimum atomic E-state index is -3.20. The first-order valence-corrected chi connectivity index (χ1v) is 8.84. The van der Waals surface area contributed by atoms with E-state index in [2.05, 4.69) is 12.2 Å². The number of nitrogens with zero attached hydrogens (tertiary/aromatic N) is 1. The number of sulfonamides is 1. The van der Waals surface area contributed by atoms with Gasteiger partial charge in [0.15, 0.2) is 0 Å². The standard InChI is InChI=1S/C13H28N2O3S/c1-4-9-18-13-7-6-8-15(11-13)19(16,17)12(3)10-14-5-2/h12-14H,4-11H2,1-3H3. The normalized spacial score (nSPS) is 23.4. The first-order valence-electron chi connectivity index (χ1n) is 7.33. The topological polar surface area (TPSA) is 58.6 Å². The molecule has 5 nitrogen and oxygen atoms in total. The first-order chi connectivity index (χ1) is 9.02. The lowest BCUT2D eigenvalue weighted by molar-refractivity contribution is 0.0192.